The van der Waals surface area contributed by atoms with Crippen molar-refractivity contribution in [1.29, 1.82) is 0 Å². The number of aromatic nitrogens is 1. The van der Waals surface area contributed by atoms with Crippen molar-refractivity contribution in [3.63, 3.8) is 0 Å². The third kappa shape index (κ3) is 5.04. The van der Waals surface area contributed by atoms with Crippen molar-refractivity contribution in [3.8, 4) is 44.5 Å². The van der Waals surface area contributed by atoms with Crippen molar-refractivity contribution in [1.82, 2.24) is 4.98 Å². The second kappa shape index (κ2) is 10.3. The van der Waals surface area contributed by atoms with E-state index in [1.54, 1.807) is 0 Å². The molecule has 4 heteroatoms. The highest BCUT2D eigenvalue weighted by molar-refractivity contribution is 5.89. The fraction of sp³-hybridized carbons (Fsp3) is 0.0263. The van der Waals surface area contributed by atoms with Crippen LogP contribution in [-0.4, -0.2) is 4.98 Å². The van der Waals surface area contributed by atoms with Gasteiger partial charge in [-0.05, 0) is 80.0 Å². The first-order valence-electron chi connectivity index (χ1n) is 13.7. The number of rotatable bonds is 4. The standard InChI is InChI=1S/C38H24F3N/c39-38(40,41)36-19-17-27(18-20-36)26-5-7-29(8-6-26)33-15-16-34-22-35(24-42-37(34)23-33)30-11-9-28(10-12-30)32-14-13-25-3-1-2-4-31(25)21-32/h1-24H. The minimum Gasteiger partial charge on any atom is -0.256 e. The second-order valence-electron chi connectivity index (χ2n) is 10.4. The number of nitrogens with zero attached hydrogens (tertiary/aromatic N) is 1. The molecule has 0 bridgehead atoms. The topological polar surface area (TPSA) is 12.9 Å². The molecule has 0 fully saturated rings. The molecule has 0 aliphatic heterocycles. The Hall–Kier alpha value is -5.22. The quantitative estimate of drug-likeness (QED) is 0.212. The van der Waals surface area contributed by atoms with E-state index < -0.39 is 11.7 Å². The summed E-state index contributed by atoms with van der Waals surface area (Å²) in [6.45, 7) is 0. The maximum absolute atomic E-state index is 12.9. The molecule has 6 aromatic carbocycles. The lowest BCUT2D eigenvalue weighted by Crippen LogP contribution is -2.03. The van der Waals surface area contributed by atoms with Gasteiger partial charge in [0.05, 0.1) is 11.1 Å². The van der Waals surface area contributed by atoms with Crippen molar-refractivity contribution in [3.05, 3.63) is 151 Å². The Morgan fingerprint density at radius 1 is 0.381 bits per heavy atom. The molecule has 0 spiro atoms. The number of fused-ring (bicyclic) bond motifs is 2. The molecule has 0 atom stereocenters. The Balaban J connectivity index is 1.11. The predicted molar refractivity (Wildman–Crippen MR) is 166 cm³/mol. The van der Waals surface area contributed by atoms with E-state index >= 15 is 0 Å². The van der Waals surface area contributed by atoms with E-state index in [4.69, 9.17) is 4.98 Å². The molecule has 1 aromatic heterocycles. The third-order valence-corrected chi connectivity index (χ3v) is 7.75. The van der Waals surface area contributed by atoms with Gasteiger partial charge in [-0.1, -0.05) is 109 Å². The van der Waals surface area contributed by atoms with Crippen LogP contribution in [0.2, 0.25) is 0 Å². The molecule has 0 amide bonds. The Bertz CT molecular complexity index is 2040. The Kier molecular flexibility index (Phi) is 6.32. The number of alkyl halides is 3. The van der Waals surface area contributed by atoms with Crippen LogP contribution in [0, 0.1) is 0 Å². The van der Waals surface area contributed by atoms with E-state index in [2.05, 4.69) is 91.0 Å². The van der Waals surface area contributed by atoms with Crippen molar-refractivity contribution in [2.75, 3.05) is 0 Å². The first-order valence-corrected chi connectivity index (χ1v) is 13.7. The minimum absolute atomic E-state index is 0.646. The molecule has 202 valence electrons. The van der Waals surface area contributed by atoms with Gasteiger partial charge in [-0.25, -0.2) is 0 Å². The highest BCUT2D eigenvalue weighted by Gasteiger charge is 2.29. The molecular formula is C38H24F3N. The summed E-state index contributed by atoms with van der Waals surface area (Å²) in [5.74, 6) is 0. The van der Waals surface area contributed by atoms with Gasteiger partial charge in [0.2, 0.25) is 0 Å². The SMILES string of the molecule is FC(F)(F)c1ccc(-c2ccc(-c3ccc4cc(-c5ccc(-c6ccc7ccccc7c6)cc5)cnc4c3)cc2)cc1. The van der Waals surface area contributed by atoms with Crippen LogP contribution < -0.4 is 0 Å². The van der Waals surface area contributed by atoms with E-state index in [0.29, 0.717) is 0 Å². The average Bonchev–Trinajstić information content (AvgIpc) is 3.04. The van der Waals surface area contributed by atoms with E-state index in [-0.39, 0.29) is 0 Å². The molecule has 0 aliphatic rings. The van der Waals surface area contributed by atoms with Crippen LogP contribution in [0.5, 0.6) is 0 Å². The zero-order chi connectivity index (χ0) is 28.7. The number of hydrogen-bond donors (Lipinski definition) is 0. The zero-order valence-corrected chi connectivity index (χ0v) is 22.4. The van der Waals surface area contributed by atoms with Crippen LogP contribution in [0.3, 0.4) is 0 Å². The molecule has 7 aromatic rings. The molecule has 42 heavy (non-hydrogen) atoms. The second-order valence-corrected chi connectivity index (χ2v) is 10.4. The summed E-state index contributed by atoms with van der Waals surface area (Å²) in [6.07, 6.45) is -2.43. The van der Waals surface area contributed by atoms with Gasteiger partial charge in [0, 0.05) is 17.1 Å². The largest absolute Gasteiger partial charge is 0.416 e. The lowest BCUT2D eigenvalue weighted by Gasteiger charge is -2.09. The van der Waals surface area contributed by atoms with Crippen LogP contribution in [0.1, 0.15) is 5.56 Å². The minimum atomic E-state index is -4.34. The monoisotopic (exact) mass is 551 g/mol. The predicted octanol–water partition coefficient (Wildman–Crippen LogP) is 11.1. The molecule has 0 N–H and O–H groups in total. The normalized spacial score (nSPS) is 11.7. The van der Waals surface area contributed by atoms with E-state index in [0.717, 1.165) is 56.4 Å². The van der Waals surface area contributed by atoms with Crippen LogP contribution in [0.25, 0.3) is 66.2 Å². The van der Waals surface area contributed by atoms with Crippen LogP contribution in [0.4, 0.5) is 13.2 Å². The van der Waals surface area contributed by atoms with Crippen LogP contribution in [-0.2, 0) is 6.18 Å². The Morgan fingerprint density at radius 2 is 0.810 bits per heavy atom. The summed E-state index contributed by atoms with van der Waals surface area (Å²) in [5.41, 5.74) is 8.44. The fourth-order valence-electron chi connectivity index (χ4n) is 5.39. The summed E-state index contributed by atoms with van der Waals surface area (Å²) >= 11 is 0. The highest BCUT2D eigenvalue weighted by Crippen LogP contribution is 2.33. The summed E-state index contributed by atoms with van der Waals surface area (Å²) in [7, 11) is 0. The summed E-state index contributed by atoms with van der Waals surface area (Å²) < 4.78 is 38.7. The van der Waals surface area contributed by atoms with Gasteiger partial charge < -0.3 is 0 Å². The van der Waals surface area contributed by atoms with Gasteiger partial charge in [0.1, 0.15) is 0 Å². The maximum atomic E-state index is 12.9. The lowest BCUT2D eigenvalue weighted by atomic mass is 9.97. The zero-order valence-electron chi connectivity index (χ0n) is 22.4. The van der Waals surface area contributed by atoms with Crippen molar-refractivity contribution in [2.45, 2.75) is 6.18 Å². The molecule has 0 radical (unpaired) electrons. The smallest absolute Gasteiger partial charge is 0.256 e. The molecule has 0 saturated heterocycles. The van der Waals surface area contributed by atoms with Gasteiger partial charge >= 0.3 is 6.18 Å². The summed E-state index contributed by atoms with van der Waals surface area (Å²) in [4.78, 5) is 4.76. The van der Waals surface area contributed by atoms with Crippen molar-refractivity contribution < 1.29 is 13.2 Å². The van der Waals surface area contributed by atoms with Gasteiger partial charge in [-0.3, -0.25) is 4.98 Å². The fourth-order valence-corrected chi connectivity index (χ4v) is 5.39. The number of halogens is 3. The van der Waals surface area contributed by atoms with Crippen molar-refractivity contribution >= 4 is 21.7 Å². The summed E-state index contributed by atoms with van der Waals surface area (Å²) in [6, 6.07) is 45.0. The average molecular weight is 552 g/mol. The first kappa shape index (κ1) is 25.7. The van der Waals surface area contributed by atoms with Gasteiger partial charge in [-0.15, -0.1) is 0 Å². The number of hydrogen-bond acceptors (Lipinski definition) is 1. The van der Waals surface area contributed by atoms with E-state index in [1.807, 2.05) is 30.5 Å². The van der Waals surface area contributed by atoms with E-state index in [9.17, 15) is 13.2 Å². The Labute approximate surface area is 241 Å². The van der Waals surface area contributed by atoms with Crippen molar-refractivity contribution in [2.24, 2.45) is 0 Å². The molecule has 7 rings (SSSR count). The first-order chi connectivity index (χ1) is 20.4. The molecule has 0 saturated carbocycles. The van der Waals surface area contributed by atoms with Gasteiger partial charge in [0.15, 0.2) is 0 Å². The molecule has 0 unspecified atom stereocenters. The number of pyridine rings is 1. The third-order valence-electron chi connectivity index (χ3n) is 7.75. The van der Waals surface area contributed by atoms with E-state index in [1.165, 1.54) is 34.0 Å². The van der Waals surface area contributed by atoms with Gasteiger partial charge in [0.25, 0.3) is 0 Å². The molecule has 0 aliphatic carbocycles. The lowest BCUT2D eigenvalue weighted by molar-refractivity contribution is -0.137. The molecular weight excluding hydrogens is 527 g/mol. The maximum Gasteiger partial charge on any atom is 0.416 e. The molecule has 1 nitrogen and oxygen atoms in total. The highest BCUT2D eigenvalue weighted by atomic mass is 19.4. The number of benzene rings is 6. The van der Waals surface area contributed by atoms with Crippen LogP contribution in [0.15, 0.2) is 146 Å². The summed E-state index contributed by atoms with van der Waals surface area (Å²) in [5, 5.41) is 3.52. The van der Waals surface area contributed by atoms with Crippen LogP contribution >= 0.6 is 0 Å². The molecule has 1 heterocycles. The van der Waals surface area contributed by atoms with Gasteiger partial charge in [-0.2, -0.15) is 13.2 Å². The Morgan fingerprint density at radius 3 is 1.40 bits per heavy atom.